The van der Waals surface area contributed by atoms with Crippen molar-refractivity contribution < 1.29 is 4.79 Å². The Kier molecular flexibility index (Phi) is 5.59. The molecule has 0 saturated carbocycles. The van der Waals surface area contributed by atoms with E-state index in [1.54, 1.807) is 6.07 Å². The second-order valence-corrected chi connectivity index (χ2v) is 8.95. The fourth-order valence-corrected chi connectivity index (χ4v) is 4.56. The Morgan fingerprint density at radius 1 is 0.559 bits per heavy atom. The van der Waals surface area contributed by atoms with Crippen molar-refractivity contribution in [2.45, 2.75) is 9.79 Å². The number of nitriles is 2. The van der Waals surface area contributed by atoms with Crippen LogP contribution in [0, 0.1) is 22.7 Å². The van der Waals surface area contributed by atoms with E-state index < -0.39 is 0 Å². The summed E-state index contributed by atoms with van der Waals surface area (Å²) in [6, 6.07) is 30.9. The third kappa shape index (κ3) is 3.72. The molecule has 5 rings (SSSR count). The molecule has 0 amide bonds. The summed E-state index contributed by atoms with van der Waals surface area (Å²) in [4.78, 5) is 15.2. The summed E-state index contributed by atoms with van der Waals surface area (Å²) in [5, 5.41) is 19.1. The molecule has 0 aliphatic heterocycles. The number of allylic oxidation sites excluding steroid dienone is 2. The third-order valence-electron chi connectivity index (χ3n) is 5.95. The van der Waals surface area contributed by atoms with Crippen molar-refractivity contribution in [3.05, 3.63) is 102 Å². The number of benzene rings is 4. The molecular weight excluding hydrogens is 456 g/mol. The molecular formula is C29H16N2OS2. The highest BCUT2D eigenvalue weighted by molar-refractivity contribution is 7.80. The molecule has 160 valence electrons. The smallest absolute Gasteiger partial charge is 0.196 e. The van der Waals surface area contributed by atoms with Crippen LogP contribution in [0.3, 0.4) is 0 Å². The van der Waals surface area contributed by atoms with E-state index in [2.05, 4.69) is 25.3 Å². The van der Waals surface area contributed by atoms with Crippen LogP contribution in [-0.2, 0) is 0 Å². The maximum Gasteiger partial charge on any atom is 0.196 e. The molecule has 0 fully saturated rings. The Morgan fingerprint density at radius 3 is 1.44 bits per heavy atom. The summed E-state index contributed by atoms with van der Waals surface area (Å²) in [6.07, 6.45) is 0. The molecule has 0 spiro atoms. The third-order valence-corrected chi connectivity index (χ3v) is 6.54. The van der Waals surface area contributed by atoms with Gasteiger partial charge < -0.3 is 0 Å². The van der Waals surface area contributed by atoms with E-state index in [1.807, 2.05) is 91.0 Å². The molecule has 0 atom stereocenters. The van der Waals surface area contributed by atoms with Crippen LogP contribution in [0.4, 0.5) is 0 Å². The zero-order chi connectivity index (χ0) is 23.8. The zero-order valence-corrected chi connectivity index (χ0v) is 19.6. The fraction of sp³-hybridized carbons (Fsp3) is 0. The van der Waals surface area contributed by atoms with Crippen molar-refractivity contribution in [2.24, 2.45) is 0 Å². The minimum atomic E-state index is -0.315. The summed E-state index contributed by atoms with van der Waals surface area (Å²) in [6.45, 7) is 0. The van der Waals surface area contributed by atoms with Gasteiger partial charge in [-0.2, -0.15) is 10.5 Å². The van der Waals surface area contributed by atoms with Gasteiger partial charge >= 0.3 is 0 Å². The van der Waals surface area contributed by atoms with Gasteiger partial charge in [0.2, 0.25) is 0 Å². The molecule has 1 aliphatic rings. The maximum absolute atomic E-state index is 13.4. The second kappa shape index (κ2) is 8.72. The molecule has 0 radical (unpaired) electrons. The number of rotatable bonds is 2. The van der Waals surface area contributed by atoms with Gasteiger partial charge in [-0.25, -0.2) is 0 Å². The van der Waals surface area contributed by atoms with Gasteiger partial charge in [0.15, 0.2) is 5.78 Å². The first-order valence-electron chi connectivity index (χ1n) is 10.5. The lowest BCUT2D eigenvalue weighted by Crippen LogP contribution is -2.13. The van der Waals surface area contributed by atoms with Gasteiger partial charge in [-0.05, 0) is 81.4 Å². The van der Waals surface area contributed by atoms with Crippen LogP contribution in [0.5, 0.6) is 0 Å². The summed E-state index contributed by atoms with van der Waals surface area (Å²) in [5.41, 5.74) is 6.56. The van der Waals surface area contributed by atoms with Crippen LogP contribution < -0.4 is 0 Å². The average Bonchev–Trinajstić information content (AvgIpc) is 2.87. The van der Waals surface area contributed by atoms with Gasteiger partial charge in [0.25, 0.3) is 0 Å². The Bertz CT molecular complexity index is 1570. The molecule has 0 bridgehead atoms. The van der Waals surface area contributed by atoms with Crippen molar-refractivity contribution in [3.8, 4) is 45.5 Å². The van der Waals surface area contributed by atoms with Gasteiger partial charge in [-0.15, -0.1) is 25.3 Å². The predicted octanol–water partition coefficient (Wildman–Crippen LogP) is 7.26. The van der Waals surface area contributed by atoms with Crippen molar-refractivity contribution in [2.75, 3.05) is 0 Å². The van der Waals surface area contributed by atoms with Crippen molar-refractivity contribution in [3.63, 3.8) is 0 Å². The monoisotopic (exact) mass is 472 g/mol. The molecule has 0 N–H and O–H groups in total. The normalized spacial score (nSPS) is 11.8. The van der Waals surface area contributed by atoms with Crippen molar-refractivity contribution in [1.29, 1.82) is 10.5 Å². The number of fused-ring (bicyclic) bond motifs is 3. The Labute approximate surface area is 208 Å². The number of nitrogens with zero attached hydrogens (tertiary/aromatic N) is 2. The molecule has 3 nitrogen and oxygen atoms in total. The number of ketones is 1. The number of carbonyl (C=O) groups is 1. The van der Waals surface area contributed by atoms with Gasteiger partial charge in [0, 0.05) is 15.4 Å². The molecule has 0 unspecified atom stereocenters. The predicted molar refractivity (Wildman–Crippen MR) is 140 cm³/mol. The average molecular weight is 473 g/mol. The van der Waals surface area contributed by atoms with Crippen LogP contribution in [0.2, 0.25) is 0 Å². The van der Waals surface area contributed by atoms with Gasteiger partial charge in [-0.3, -0.25) is 4.79 Å². The topological polar surface area (TPSA) is 64.7 Å². The van der Waals surface area contributed by atoms with E-state index >= 15 is 0 Å². The fourth-order valence-electron chi connectivity index (χ4n) is 4.26. The lowest BCUT2D eigenvalue weighted by atomic mass is 9.78. The number of Topliss-reactive ketones (excluding diaryl/α,β-unsaturated/α-hetero) is 1. The quantitative estimate of drug-likeness (QED) is 0.183. The van der Waals surface area contributed by atoms with Gasteiger partial charge in [-0.1, -0.05) is 42.5 Å². The molecule has 4 aromatic rings. The lowest BCUT2D eigenvalue weighted by Gasteiger charge is -2.23. The molecule has 34 heavy (non-hydrogen) atoms. The molecule has 0 aromatic heterocycles. The summed E-state index contributed by atoms with van der Waals surface area (Å²) < 4.78 is 0. The summed E-state index contributed by atoms with van der Waals surface area (Å²) in [7, 11) is 0. The largest absolute Gasteiger partial charge is 0.288 e. The SMILES string of the molecule is N#CC(C#N)=C1C(=O)c2ccc(-c3ccc(S)cc3)cc2-c2cc(-c3ccc(S)cc3)ccc21. The van der Waals surface area contributed by atoms with Crippen LogP contribution in [-0.4, -0.2) is 5.78 Å². The molecule has 4 aromatic carbocycles. The molecule has 0 saturated heterocycles. The first kappa shape index (κ1) is 21.8. The van der Waals surface area contributed by atoms with Crippen LogP contribution in [0.1, 0.15) is 15.9 Å². The Hall–Kier alpha value is -4.03. The summed E-state index contributed by atoms with van der Waals surface area (Å²) in [5.74, 6) is -0.315. The first-order valence-corrected chi connectivity index (χ1v) is 11.4. The highest BCUT2D eigenvalue weighted by Gasteiger charge is 2.30. The van der Waals surface area contributed by atoms with E-state index in [1.165, 1.54) is 0 Å². The highest BCUT2D eigenvalue weighted by atomic mass is 32.1. The van der Waals surface area contributed by atoms with E-state index in [4.69, 9.17) is 0 Å². The lowest BCUT2D eigenvalue weighted by molar-refractivity contribution is 0.105. The molecule has 5 heteroatoms. The minimum Gasteiger partial charge on any atom is -0.288 e. The van der Waals surface area contributed by atoms with Gasteiger partial charge in [0.05, 0.1) is 5.57 Å². The highest BCUT2D eigenvalue weighted by Crippen LogP contribution is 2.43. The second-order valence-electron chi connectivity index (χ2n) is 7.92. The van der Waals surface area contributed by atoms with E-state index in [-0.39, 0.29) is 16.9 Å². The molecule has 1 aliphatic carbocycles. The summed E-state index contributed by atoms with van der Waals surface area (Å²) >= 11 is 8.73. The van der Waals surface area contributed by atoms with Crippen LogP contribution in [0.25, 0.3) is 39.0 Å². The number of carbonyl (C=O) groups excluding carboxylic acids is 1. The van der Waals surface area contributed by atoms with Crippen LogP contribution in [0.15, 0.2) is 100 Å². The maximum atomic E-state index is 13.4. The number of hydrogen-bond donors (Lipinski definition) is 2. The first-order chi connectivity index (χ1) is 16.5. The van der Waals surface area contributed by atoms with Gasteiger partial charge in [0.1, 0.15) is 17.7 Å². The van der Waals surface area contributed by atoms with E-state index in [0.717, 1.165) is 43.2 Å². The Balaban J connectivity index is 1.78. The van der Waals surface area contributed by atoms with E-state index in [0.29, 0.717) is 11.1 Å². The van der Waals surface area contributed by atoms with Crippen molar-refractivity contribution in [1.82, 2.24) is 0 Å². The number of hydrogen-bond acceptors (Lipinski definition) is 5. The van der Waals surface area contributed by atoms with Crippen LogP contribution >= 0.6 is 25.3 Å². The Morgan fingerprint density at radius 2 is 0.971 bits per heavy atom. The zero-order valence-electron chi connectivity index (χ0n) is 17.8. The van der Waals surface area contributed by atoms with E-state index in [9.17, 15) is 15.3 Å². The number of thiol groups is 2. The molecule has 0 heterocycles. The standard InChI is InChI=1S/C29H16N2OS2/c30-15-21(16-31)28-24-11-5-19(17-1-7-22(33)8-2-17)13-26(24)27-14-20(6-12-25(27)29(28)32)18-3-9-23(34)10-4-18/h1-14,33-34H. The van der Waals surface area contributed by atoms with Crippen molar-refractivity contribution >= 4 is 36.6 Å². The minimum absolute atomic E-state index is 0.150.